The van der Waals surface area contributed by atoms with Gasteiger partial charge in [0.15, 0.2) is 0 Å². The number of hydrogen-bond donors (Lipinski definition) is 1. The van der Waals surface area contributed by atoms with Gasteiger partial charge in [-0.2, -0.15) is 5.10 Å². The van der Waals surface area contributed by atoms with Crippen LogP contribution in [0.4, 0.5) is 0 Å². The number of aromatic nitrogens is 2. The summed E-state index contributed by atoms with van der Waals surface area (Å²) in [5.74, 6) is 0.800. The van der Waals surface area contributed by atoms with Crippen molar-refractivity contribution in [3.8, 4) is 11.4 Å². The number of rotatable bonds is 6. The molecule has 0 radical (unpaired) electrons. The lowest BCUT2D eigenvalue weighted by Gasteiger charge is -2.10. The van der Waals surface area contributed by atoms with Crippen LogP contribution in [0.5, 0.6) is 5.75 Å². The molecule has 2 aromatic carbocycles. The van der Waals surface area contributed by atoms with Crippen molar-refractivity contribution in [2.75, 3.05) is 6.61 Å². The summed E-state index contributed by atoms with van der Waals surface area (Å²) in [6, 6.07) is 19.9. The van der Waals surface area contributed by atoms with E-state index in [1.54, 1.807) is 0 Å². The Bertz CT molecular complexity index is 766. The third-order valence-electron chi connectivity index (χ3n) is 3.59. The molecule has 0 aliphatic carbocycles. The fraction of sp³-hybridized carbons (Fsp3) is 0.211. The number of hydrogen-bond acceptors (Lipinski definition) is 3. The van der Waals surface area contributed by atoms with Gasteiger partial charge in [-0.05, 0) is 49.2 Å². The van der Waals surface area contributed by atoms with Gasteiger partial charge < -0.3 is 9.84 Å². The molecular weight excluding hydrogens is 288 g/mol. The van der Waals surface area contributed by atoms with Crippen molar-refractivity contribution >= 4 is 0 Å². The molecule has 0 unspecified atom stereocenters. The van der Waals surface area contributed by atoms with E-state index in [2.05, 4.69) is 5.10 Å². The normalized spacial score (nSPS) is 10.7. The van der Waals surface area contributed by atoms with Crippen LogP contribution < -0.4 is 4.74 Å². The Labute approximate surface area is 136 Å². The number of aliphatic hydroxyl groups is 1. The second-order valence-corrected chi connectivity index (χ2v) is 5.43. The number of benzene rings is 2. The molecule has 1 heterocycles. The topological polar surface area (TPSA) is 47.3 Å². The van der Waals surface area contributed by atoms with Crippen LogP contribution >= 0.6 is 0 Å². The van der Waals surface area contributed by atoms with E-state index >= 15 is 0 Å². The molecule has 0 saturated carbocycles. The molecule has 4 nitrogen and oxygen atoms in total. The Morgan fingerprint density at radius 2 is 1.87 bits per heavy atom. The van der Waals surface area contributed by atoms with Gasteiger partial charge in [-0.25, -0.2) is 4.68 Å². The molecule has 0 spiro atoms. The minimum absolute atomic E-state index is 0.142. The Balaban J connectivity index is 1.77. The lowest BCUT2D eigenvalue weighted by atomic mass is 10.1. The average molecular weight is 308 g/mol. The van der Waals surface area contributed by atoms with Crippen molar-refractivity contribution in [3.63, 3.8) is 0 Å². The first-order valence-corrected chi connectivity index (χ1v) is 7.70. The molecule has 0 amide bonds. The molecule has 23 heavy (non-hydrogen) atoms. The van der Waals surface area contributed by atoms with Gasteiger partial charge in [0, 0.05) is 6.61 Å². The standard InChI is InChI=1S/C19H20N2O2/c1-15-12-18(21(20-15)17-7-3-2-4-8-17)14-23-19-9-5-6-16(13-19)10-11-22/h2-9,12-13,22H,10-11,14H2,1H3. The van der Waals surface area contributed by atoms with Crippen LogP contribution in [0.2, 0.25) is 0 Å². The summed E-state index contributed by atoms with van der Waals surface area (Å²) in [6.07, 6.45) is 0.637. The van der Waals surface area contributed by atoms with Gasteiger partial charge in [-0.15, -0.1) is 0 Å². The summed E-state index contributed by atoms with van der Waals surface area (Å²) in [5, 5.41) is 13.6. The minimum atomic E-state index is 0.142. The van der Waals surface area contributed by atoms with Crippen molar-refractivity contribution in [1.82, 2.24) is 9.78 Å². The molecule has 0 fully saturated rings. The highest BCUT2D eigenvalue weighted by atomic mass is 16.5. The molecule has 3 aromatic rings. The summed E-state index contributed by atoms with van der Waals surface area (Å²) in [4.78, 5) is 0. The predicted octanol–water partition coefficient (Wildman–Crippen LogP) is 3.29. The summed E-state index contributed by atoms with van der Waals surface area (Å²) in [7, 11) is 0. The first kappa shape index (κ1) is 15.3. The van der Waals surface area contributed by atoms with E-state index in [0.717, 1.165) is 28.4 Å². The average Bonchev–Trinajstić information content (AvgIpc) is 2.95. The van der Waals surface area contributed by atoms with E-state index in [9.17, 15) is 0 Å². The second-order valence-electron chi connectivity index (χ2n) is 5.43. The van der Waals surface area contributed by atoms with E-state index in [4.69, 9.17) is 9.84 Å². The Hall–Kier alpha value is -2.59. The maximum atomic E-state index is 9.03. The van der Waals surface area contributed by atoms with Gasteiger partial charge in [-0.3, -0.25) is 0 Å². The van der Waals surface area contributed by atoms with Crippen molar-refractivity contribution in [1.29, 1.82) is 0 Å². The first-order valence-electron chi connectivity index (χ1n) is 7.70. The number of aryl methyl sites for hydroxylation is 1. The highest BCUT2D eigenvalue weighted by molar-refractivity contribution is 5.34. The maximum absolute atomic E-state index is 9.03. The highest BCUT2D eigenvalue weighted by Crippen LogP contribution is 2.18. The monoisotopic (exact) mass is 308 g/mol. The number of ether oxygens (including phenoxy) is 1. The van der Waals surface area contributed by atoms with Crippen molar-refractivity contribution in [3.05, 3.63) is 77.6 Å². The van der Waals surface area contributed by atoms with E-state index < -0.39 is 0 Å². The fourth-order valence-electron chi connectivity index (χ4n) is 2.53. The highest BCUT2D eigenvalue weighted by Gasteiger charge is 2.08. The molecule has 0 aliphatic rings. The quantitative estimate of drug-likeness (QED) is 0.760. The van der Waals surface area contributed by atoms with Gasteiger partial charge in [0.2, 0.25) is 0 Å². The van der Waals surface area contributed by atoms with Crippen LogP contribution in [0.3, 0.4) is 0 Å². The molecule has 0 atom stereocenters. The largest absolute Gasteiger partial charge is 0.487 e. The van der Waals surface area contributed by atoms with Gasteiger partial charge in [0.1, 0.15) is 12.4 Å². The predicted molar refractivity (Wildman–Crippen MR) is 89.9 cm³/mol. The van der Waals surface area contributed by atoms with Crippen molar-refractivity contribution < 1.29 is 9.84 Å². The van der Waals surface area contributed by atoms with Crippen LogP contribution in [0.25, 0.3) is 5.69 Å². The number of nitrogens with zero attached hydrogens (tertiary/aromatic N) is 2. The van der Waals surface area contributed by atoms with Crippen LogP contribution in [0.1, 0.15) is 17.0 Å². The van der Waals surface area contributed by atoms with E-state index in [0.29, 0.717) is 13.0 Å². The molecule has 3 rings (SSSR count). The van der Waals surface area contributed by atoms with E-state index in [-0.39, 0.29) is 6.61 Å². The summed E-state index contributed by atoms with van der Waals surface area (Å²) in [5.41, 5.74) is 4.05. The third kappa shape index (κ3) is 3.79. The summed E-state index contributed by atoms with van der Waals surface area (Å²) >= 11 is 0. The van der Waals surface area contributed by atoms with Gasteiger partial charge >= 0.3 is 0 Å². The SMILES string of the molecule is Cc1cc(COc2cccc(CCO)c2)n(-c2ccccc2)n1. The zero-order valence-electron chi connectivity index (χ0n) is 13.1. The zero-order valence-corrected chi connectivity index (χ0v) is 13.1. The number of aliphatic hydroxyl groups excluding tert-OH is 1. The molecule has 4 heteroatoms. The molecule has 0 aliphatic heterocycles. The van der Waals surface area contributed by atoms with Crippen molar-refractivity contribution in [2.24, 2.45) is 0 Å². The fourth-order valence-corrected chi connectivity index (χ4v) is 2.53. The van der Waals surface area contributed by atoms with Gasteiger partial charge in [-0.1, -0.05) is 30.3 Å². The van der Waals surface area contributed by atoms with Crippen LogP contribution in [-0.4, -0.2) is 21.5 Å². The van der Waals surface area contributed by atoms with Gasteiger partial charge in [0.25, 0.3) is 0 Å². The zero-order chi connectivity index (χ0) is 16.1. The number of para-hydroxylation sites is 1. The first-order chi connectivity index (χ1) is 11.3. The summed E-state index contributed by atoms with van der Waals surface area (Å²) < 4.78 is 7.82. The smallest absolute Gasteiger partial charge is 0.130 e. The van der Waals surface area contributed by atoms with Crippen molar-refractivity contribution in [2.45, 2.75) is 20.0 Å². The molecule has 0 saturated heterocycles. The van der Waals surface area contributed by atoms with Crippen LogP contribution in [0.15, 0.2) is 60.7 Å². The Morgan fingerprint density at radius 1 is 1.04 bits per heavy atom. The third-order valence-corrected chi connectivity index (χ3v) is 3.59. The second kappa shape index (κ2) is 7.11. The molecule has 1 aromatic heterocycles. The lowest BCUT2D eigenvalue weighted by molar-refractivity contribution is 0.293. The molecular formula is C19H20N2O2. The molecule has 118 valence electrons. The Kier molecular flexibility index (Phi) is 4.74. The maximum Gasteiger partial charge on any atom is 0.130 e. The van der Waals surface area contributed by atoms with Crippen LogP contribution in [-0.2, 0) is 13.0 Å². The van der Waals surface area contributed by atoms with E-state index in [1.807, 2.05) is 72.3 Å². The lowest BCUT2D eigenvalue weighted by Crippen LogP contribution is -2.05. The van der Waals surface area contributed by atoms with Crippen LogP contribution in [0, 0.1) is 6.92 Å². The van der Waals surface area contributed by atoms with Gasteiger partial charge in [0.05, 0.1) is 17.1 Å². The molecule has 0 bridgehead atoms. The summed E-state index contributed by atoms with van der Waals surface area (Å²) in [6.45, 7) is 2.56. The van der Waals surface area contributed by atoms with E-state index in [1.165, 1.54) is 0 Å². The minimum Gasteiger partial charge on any atom is -0.487 e. The molecule has 1 N–H and O–H groups in total. The Morgan fingerprint density at radius 3 is 2.65 bits per heavy atom.